The van der Waals surface area contributed by atoms with Crippen molar-refractivity contribution in [1.29, 1.82) is 0 Å². The maximum Gasteiger partial charge on any atom is 0.123 e. The third-order valence-corrected chi connectivity index (χ3v) is 3.22. The molecule has 0 unspecified atom stereocenters. The van der Waals surface area contributed by atoms with Gasteiger partial charge in [-0.25, -0.2) is 0 Å². The predicted octanol–water partition coefficient (Wildman–Crippen LogP) is 3.66. The second-order valence-corrected chi connectivity index (χ2v) is 6.08. The van der Waals surface area contributed by atoms with E-state index in [0.717, 1.165) is 18.8 Å². The van der Waals surface area contributed by atoms with E-state index in [1.165, 1.54) is 11.1 Å². The zero-order chi connectivity index (χ0) is 13.8. The van der Waals surface area contributed by atoms with Crippen molar-refractivity contribution in [2.75, 3.05) is 26.6 Å². The molecule has 0 fully saturated rings. The Kier molecular flexibility index (Phi) is 5.48. The first-order valence-corrected chi connectivity index (χ1v) is 6.84. The zero-order valence-corrected chi connectivity index (χ0v) is 12.8. The van der Waals surface area contributed by atoms with Crippen molar-refractivity contribution in [3.8, 4) is 5.75 Å². The molecule has 18 heavy (non-hydrogen) atoms. The van der Waals surface area contributed by atoms with E-state index < -0.39 is 0 Å². The summed E-state index contributed by atoms with van der Waals surface area (Å²) in [5.41, 5.74) is 2.71. The minimum absolute atomic E-state index is 0.159. The van der Waals surface area contributed by atoms with E-state index in [-0.39, 0.29) is 5.41 Å². The van der Waals surface area contributed by atoms with Crippen molar-refractivity contribution < 1.29 is 4.74 Å². The van der Waals surface area contributed by atoms with Crippen LogP contribution in [-0.4, -0.2) is 31.5 Å². The molecule has 0 amide bonds. The number of benzene rings is 1. The molecule has 0 aliphatic carbocycles. The van der Waals surface area contributed by atoms with Crippen LogP contribution in [0.4, 0.5) is 0 Å². The monoisotopic (exact) mass is 269 g/mol. The summed E-state index contributed by atoms with van der Waals surface area (Å²) in [6.45, 7) is 8.41. The molecule has 2 nitrogen and oxygen atoms in total. The van der Waals surface area contributed by atoms with Crippen LogP contribution in [0.1, 0.15) is 31.9 Å². The lowest BCUT2D eigenvalue weighted by atomic mass is 9.86. The lowest BCUT2D eigenvalue weighted by Crippen LogP contribution is -2.21. The Morgan fingerprint density at radius 1 is 1.28 bits per heavy atom. The Bertz CT molecular complexity index is 385. The van der Waals surface area contributed by atoms with Crippen LogP contribution >= 0.6 is 11.6 Å². The molecule has 0 saturated heterocycles. The summed E-state index contributed by atoms with van der Waals surface area (Å²) < 4.78 is 5.43. The van der Waals surface area contributed by atoms with E-state index >= 15 is 0 Å². The molecule has 3 heteroatoms. The van der Waals surface area contributed by atoms with Gasteiger partial charge in [0.1, 0.15) is 5.75 Å². The normalized spacial score (nSPS) is 11.9. The van der Waals surface area contributed by atoms with Crippen molar-refractivity contribution in [2.24, 2.45) is 0 Å². The van der Waals surface area contributed by atoms with Crippen LogP contribution in [0, 0.1) is 0 Å². The largest absolute Gasteiger partial charge is 0.496 e. The summed E-state index contributed by atoms with van der Waals surface area (Å²) in [6.07, 6.45) is 0. The van der Waals surface area contributed by atoms with Gasteiger partial charge in [0.25, 0.3) is 0 Å². The summed E-state index contributed by atoms with van der Waals surface area (Å²) in [7, 11) is 3.79. The molecule has 0 spiro atoms. The number of alkyl halides is 1. The van der Waals surface area contributed by atoms with E-state index in [9.17, 15) is 0 Å². The maximum absolute atomic E-state index is 5.77. The highest BCUT2D eigenvalue weighted by Gasteiger charge is 2.16. The molecule has 0 bridgehead atoms. The molecule has 1 aromatic rings. The van der Waals surface area contributed by atoms with Gasteiger partial charge in [0.2, 0.25) is 0 Å². The first kappa shape index (κ1) is 15.3. The highest BCUT2D eigenvalue weighted by molar-refractivity contribution is 6.18. The minimum Gasteiger partial charge on any atom is -0.496 e. The first-order chi connectivity index (χ1) is 8.38. The SMILES string of the molecule is COc1ccc(C(C)(C)C)cc1CN(C)CCCl. The van der Waals surface area contributed by atoms with Gasteiger partial charge in [-0.15, -0.1) is 11.6 Å². The second-order valence-electron chi connectivity index (χ2n) is 5.70. The Morgan fingerprint density at radius 2 is 1.94 bits per heavy atom. The summed E-state index contributed by atoms with van der Waals surface area (Å²) >= 11 is 5.77. The lowest BCUT2D eigenvalue weighted by molar-refractivity contribution is 0.334. The molecule has 0 saturated carbocycles. The highest BCUT2D eigenvalue weighted by atomic mass is 35.5. The van der Waals surface area contributed by atoms with Crippen LogP contribution in [0.2, 0.25) is 0 Å². The summed E-state index contributed by atoms with van der Waals surface area (Å²) in [4.78, 5) is 2.21. The molecule has 0 N–H and O–H groups in total. The number of hydrogen-bond donors (Lipinski definition) is 0. The Balaban J connectivity index is 2.99. The Hall–Kier alpha value is -0.730. The van der Waals surface area contributed by atoms with E-state index in [1.807, 2.05) is 0 Å². The standard InChI is InChI=1S/C15H24ClNO/c1-15(2,3)13-6-7-14(18-5)12(10-13)11-17(4)9-8-16/h6-7,10H,8-9,11H2,1-5H3. The van der Waals surface area contributed by atoms with E-state index in [4.69, 9.17) is 16.3 Å². The number of methoxy groups -OCH3 is 1. The number of ether oxygens (including phenoxy) is 1. The minimum atomic E-state index is 0.159. The average Bonchev–Trinajstić information content (AvgIpc) is 2.28. The van der Waals surface area contributed by atoms with E-state index in [2.05, 4.69) is 50.9 Å². The van der Waals surface area contributed by atoms with Gasteiger partial charge >= 0.3 is 0 Å². The molecule has 0 atom stereocenters. The third kappa shape index (κ3) is 4.18. The van der Waals surface area contributed by atoms with Crippen molar-refractivity contribution in [2.45, 2.75) is 32.7 Å². The van der Waals surface area contributed by atoms with Gasteiger partial charge in [-0.1, -0.05) is 32.9 Å². The molecule has 0 aliphatic heterocycles. The lowest BCUT2D eigenvalue weighted by Gasteiger charge is -2.23. The van der Waals surface area contributed by atoms with Crippen LogP contribution in [0.5, 0.6) is 5.75 Å². The number of nitrogens with zero attached hydrogens (tertiary/aromatic N) is 1. The fourth-order valence-electron chi connectivity index (χ4n) is 1.88. The molecule has 0 heterocycles. The van der Waals surface area contributed by atoms with E-state index in [1.54, 1.807) is 7.11 Å². The number of halogens is 1. The van der Waals surface area contributed by atoms with Gasteiger partial charge in [0.05, 0.1) is 7.11 Å². The molecular formula is C15H24ClNO. The maximum atomic E-state index is 5.77. The molecule has 0 aliphatic rings. The van der Waals surface area contributed by atoms with Crippen LogP contribution in [0.15, 0.2) is 18.2 Å². The molecule has 0 aromatic heterocycles. The van der Waals surface area contributed by atoms with E-state index in [0.29, 0.717) is 5.88 Å². The first-order valence-electron chi connectivity index (χ1n) is 6.30. The zero-order valence-electron chi connectivity index (χ0n) is 12.1. The van der Waals surface area contributed by atoms with Crippen LogP contribution in [0.25, 0.3) is 0 Å². The van der Waals surface area contributed by atoms with Gasteiger partial charge in [-0.3, -0.25) is 0 Å². The van der Waals surface area contributed by atoms with Crippen LogP contribution in [0.3, 0.4) is 0 Å². The fourth-order valence-corrected chi connectivity index (χ4v) is 2.17. The smallest absolute Gasteiger partial charge is 0.123 e. The Labute approximate surface area is 116 Å². The summed E-state index contributed by atoms with van der Waals surface area (Å²) in [6, 6.07) is 6.44. The van der Waals surface area contributed by atoms with Crippen LogP contribution in [-0.2, 0) is 12.0 Å². The van der Waals surface area contributed by atoms with Crippen molar-refractivity contribution >= 4 is 11.6 Å². The van der Waals surface area contributed by atoms with Crippen molar-refractivity contribution in [3.63, 3.8) is 0 Å². The quantitative estimate of drug-likeness (QED) is 0.757. The second kappa shape index (κ2) is 6.44. The Morgan fingerprint density at radius 3 is 2.44 bits per heavy atom. The summed E-state index contributed by atoms with van der Waals surface area (Å²) in [5, 5.41) is 0. The van der Waals surface area contributed by atoms with Gasteiger partial charge in [-0.2, -0.15) is 0 Å². The number of hydrogen-bond acceptors (Lipinski definition) is 2. The molecular weight excluding hydrogens is 246 g/mol. The topological polar surface area (TPSA) is 12.5 Å². The molecule has 1 rings (SSSR count). The van der Waals surface area contributed by atoms with Gasteiger partial charge in [-0.05, 0) is 24.1 Å². The van der Waals surface area contributed by atoms with Gasteiger partial charge in [0, 0.05) is 24.5 Å². The molecule has 102 valence electrons. The van der Waals surface area contributed by atoms with Crippen molar-refractivity contribution in [1.82, 2.24) is 4.90 Å². The fraction of sp³-hybridized carbons (Fsp3) is 0.600. The van der Waals surface area contributed by atoms with Gasteiger partial charge in [0.15, 0.2) is 0 Å². The molecule has 1 aromatic carbocycles. The van der Waals surface area contributed by atoms with Crippen LogP contribution < -0.4 is 4.74 Å². The number of rotatable bonds is 5. The molecule has 0 radical (unpaired) electrons. The third-order valence-electron chi connectivity index (χ3n) is 3.05. The van der Waals surface area contributed by atoms with Gasteiger partial charge < -0.3 is 9.64 Å². The average molecular weight is 270 g/mol. The van der Waals surface area contributed by atoms with Crippen molar-refractivity contribution in [3.05, 3.63) is 29.3 Å². The highest BCUT2D eigenvalue weighted by Crippen LogP contribution is 2.28. The predicted molar refractivity (Wildman–Crippen MR) is 78.7 cm³/mol. The summed E-state index contributed by atoms with van der Waals surface area (Å²) in [5.74, 6) is 1.60.